The molecular weight excluding hydrogens is 212 g/mol. The topological polar surface area (TPSA) is 34.1 Å². The highest BCUT2D eigenvalue weighted by Gasteiger charge is 2.03. The molecule has 0 bridgehead atoms. The number of allylic oxidation sites excluding steroid dienone is 1. The van der Waals surface area contributed by atoms with Crippen LogP contribution in [0.15, 0.2) is 30.6 Å². The van der Waals surface area contributed by atoms with Crippen molar-refractivity contribution in [2.75, 3.05) is 13.2 Å². The Balaban J connectivity index is 2.51. The zero-order valence-electron chi connectivity index (χ0n) is 10.9. The highest BCUT2D eigenvalue weighted by Crippen LogP contribution is 2.16. The smallest absolute Gasteiger partial charge is 0.127 e. The van der Waals surface area contributed by atoms with Crippen LogP contribution in [-0.2, 0) is 6.54 Å². The summed E-state index contributed by atoms with van der Waals surface area (Å²) in [6.45, 7) is 8.79. The quantitative estimate of drug-likeness (QED) is 0.737. The second-order valence-electron chi connectivity index (χ2n) is 4.39. The molecule has 1 heterocycles. The lowest BCUT2D eigenvalue weighted by Gasteiger charge is -2.11. The average Bonchev–Trinajstić information content (AvgIpc) is 2.31. The molecule has 1 aromatic heterocycles. The van der Waals surface area contributed by atoms with E-state index in [0.29, 0.717) is 12.5 Å². The second kappa shape index (κ2) is 7.85. The minimum atomic E-state index is 0.609. The van der Waals surface area contributed by atoms with Crippen LogP contribution >= 0.6 is 0 Å². The summed E-state index contributed by atoms with van der Waals surface area (Å²) in [4.78, 5) is 4.13. The van der Waals surface area contributed by atoms with Gasteiger partial charge >= 0.3 is 0 Å². The summed E-state index contributed by atoms with van der Waals surface area (Å²) >= 11 is 0. The van der Waals surface area contributed by atoms with Crippen LogP contribution in [-0.4, -0.2) is 18.1 Å². The van der Waals surface area contributed by atoms with Gasteiger partial charge in [-0.1, -0.05) is 26.0 Å². The van der Waals surface area contributed by atoms with Crippen LogP contribution in [0.25, 0.3) is 0 Å². The van der Waals surface area contributed by atoms with Gasteiger partial charge in [-0.25, -0.2) is 0 Å². The first-order valence-electron chi connectivity index (χ1n) is 6.11. The van der Waals surface area contributed by atoms with E-state index in [1.54, 1.807) is 6.20 Å². The van der Waals surface area contributed by atoms with E-state index in [-0.39, 0.29) is 0 Å². The predicted molar refractivity (Wildman–Crippen MR) is 71.1 cm³/mol. The SMILES string of the molecule is C/C=C/COc1ccncc1CNCC(C)C. The van der Waals surface area contributed by atoms with E-state index >= 15 is 0 Å². The van der Waals surface area contributed by atoms with E-state index in [1.165, 1.54) is 0 Å². The second-order valence-corrected chi connectivity index (χ2v) is 4.39. The minimum Gasteiger partial charge on any atom is -0.489 e. The number of rotatable bonds is 7. The van der Waals surface area contributed by atoms with Crippen LogP contribution in [0.5, 0.6) is 5.75 Å². The molecule has 0 atom stereocenters. The molecule has 0 aliphatic rings. The molecule has 0 aliphatic carbocycles. The maximum Gasteiger partial charge on any atom is 0.127 e. The summed E-state index contributed by atoms with van der Waals surface area (Å²) in [5, 5.41) is 3.39. The average molecular weight is 234 g/mol. The third-order valence-electron chi connectivity index (χ3n) is 2.30. The van der Waals surface area contributed by atoms with Crippen molar-refractivity contribution in [3.05, 3.63) is 36.2 Å². The largest absolute Gasteiger partial charge is 0.489 e. The Labute approximate surface area is 104 Å². The van der Waals surface area contributed by atoms with Crippen LogP contribution in [0.1, 0.15) is 26.3 Å². The highest BCUT2D eigenvalue weighted by atomic mass is 16.5. The van der Waals surface area contributed by atoms with Gasteiger partial charge in [0.2, 0.25) is 0 Å². The lowest BCUT2D eigenvalue weighted by atomic mass is 10.2. The molecule has 0 spiro atoms. The van der Waals surface area contributed by atoms with E-state index in [4.69, 9.17) is 4.74 Å². The molecule has 17 heavy (non-hydrogen) atoms. The zero-order valence-corrected chi connectivity index (χ0v) is 10.9. The summed E-state index contributed by atoms with van der Waals surface area (Å²) in [5.41, 5.74) is 1.11. The Morgan fingerprint density at radius 3 is 3.00 bits per heavy atom. The number of ether oxygens (including phenoxy) is 1. The van der Waals surface area contributed by atoms with Gasteiger partial charge in [-0.3, -0.25) is 4.98 Å². The Kier molecular flexibility index (Phi) is 6.33. The van der Waals surface area contributed by atoms with Gasteiger partial charge < -0.3 is 10.1 Å². The van der Waals surface area contributed by atoms with Gasteiger partial charge in [0.15, 0.2) is 0 Å². The van der Waals surface area contributed by atoms with Crippen molar-refractivity contribution in [3.8, 4) is 5.75 Å². The fourth-order valence-electron chi connectivity index (χ4n) is 1.42. The van der Waals surface area contributed by atoms with E-state index in [1.807, 2.05) is 31.3 Å². The fraction of sp³-hybridized carbons (Fsp3) is 0.500. The van der Waals surface area contributed by atoms with Crippen molar-refractivity contribution >= 4 is 0 Å². The lowest BCUT2D eigenvalue weighted by molar-refractivity contribution is 0.356. The maximum atomic E-state index is 5.67. The molecule has 1 N–H and O–H groups in total. The van der Waals surface area contributed by atoms with Gasteiger partial charge in [0.1, 0.15) is 12.4 Å². The Morgan fingerprint density at radius 2 is 2.29 bits per heavy atom. The molecule has 1 rings (SSSR count). The number of hydrogen-bond donors (Lipinski definition) is 1. The predicted octanol–water partition coefficient (Wildman–Crippen LogP) is 2.78. The van der Waals surface area contributed by atoms with Crippen molar-refractivity contribution < 1.29 is 4.74 Å². The molecule has 3 heteroatoms. The minimum absolute atomic E-state index is 0.609. The van der Waals surface area contributed by atoms with Crippen LogP contribution in [0.4, 0.5) is 0 Å². The van der Waals surface area contributed by atoms with Crippen LogP contribution in [0.2, 0.25) is 0 Å². The molecule has 94 valence electrons. The molecule has 0 saturated carbocycles. The Hall–Kier alpha value is -1.35. The van der Waals surface area contributed by atoms with E-state index in [9.17, 15) is 0 Å². The van der Waals surface area contributed by atoms with E-state index < -0.39 is 0 Å². The van der Waals surface area contributed by atoms with Gasteiger partial charge in [-0.05, 0) is 25.5 Å². The number of aromatic nitrogens is 1. The molecule has 3 nitrogen and oxygen atoms in total. The standard InChI is InChI=1S/C14H22N2O/c1-4-5-8-17-14-6-7-15-10-13(14)11-16-9-12(2)3/h4-7,10,12,16H,8-9,11H2,1-3H3/b5-4+. The van der Waals surface area contributed by atoms with Crippen LogP contribution < -0.4 is 10.1 Å². The monoisotopic (exact) mass is 234 g/mol. The highest BCUT2D eigenvalue weighted by molar-refractivity contribution is 5.30. The van der Waals surface area contributed by atoms with E-state index in [0.717, 1.165) is 24.4 Å². The summed E-state index contributed by atoms with van der Waals surface area (Å²) in [6.07, 6.45) is 7.60. The molecule has 1 aromatic rings. The van der Waals surface area contributed by atoms with Crippen molar-refractivity contribution in [2.24, 2.45) is 5.92 Å². The molecule has 0 radical (unpaired) electrons. The first-order chi connectivity index (χ1) is 8.24. The maximum absolute atomic E-state index is 5.67. The van der Waals surface area contributed by atoms with Gasteiger partial charge in [0.25, 0.3) is 0 Å². The number of nitrogens with one attached hydrogen (secondary N) is 1. The van der Waals surface area contributed by atoms with Gasteiger partial charge in [0, 0.05) is 24.5 Å². The zero-order chi connectivity index (χ0) is 12.5. The normalized spacial score (nSPS) is 11.3. The van der Waals surface area contributed by atoms with Gasteiger partial charge in [-0.15, -0.1) is 0 Å². The number of pyridine rings is 1. The summed E-state index contributed by atoms with van der Waals surface area (Å²) in [6, 6.07) is 1.91. The third kappa shape index (κ3) is 5.50. The molecule has 0 unspecified atom stereocenters. The van der Waals surface area contributed by atoms with Crippen LogP contribution in [0, 0.1) is 5.92 Å². The molecule has 0 amide bonds. The molecule has 0 saturated heterocycles. The van der Waals surface area contributed by atoms with E-state index in [2.05, 4.69) is 24.1 Å². The first-order valence-corrected chi connectivity index (χ1v) is 6.11. The van der Waals surface area contributed by atoms with Crippen LogP contribution in [0.3, 0.4) is 0 Å². The fourth-order valence-corrected chi connectivity index (χ4v) is 1.42. The molecular formula is C14H22N2O. The third-order valence-corrected chi connectivity index (χ3v) is 2.30. The molecule has 0 fully saturated rings. The Bertz CT molecular complexity index is 348. The first kappa shape index (κ1) is 13.7. The molecule has 0 aromatic carbocycles. The number of nitrogens with zero attached hydrogens (tertiary/aromatic N) is 1. The number of hydrogen-bond acceptors (Lipinski definition) is 3. The van der Waals surface area contributed by atoms with Gasteiger partial charge in [0.05, 0.1) is 0 Å². The summed E-state index contributed by atoms with van der Waals surface area (Å²) in [7, 11) is 0. The summed E-state index contributed by atoms with van der Waals surface area (Å²) < 4.78 is 5.67. The van der Waals surface area contributed by atoms with Crippen molar-refractivity contribution in [3.63, 3.8) is 0 Å². The van der Waals surface area contributed by atoms with Gasteiger partial charge in [-0.2, -0.15) is 0 Å². The van der Waals surface area contributed by atoms with Crippen molar-refractivity contribution in [1.29, 1.82) is 0 Å². The lowest BCUT2D eigenvalue weighted by Crippen LogP contribution is -2.19. The summed E-state index contributed by atoms with van der Waals surface area (Å²) in [5.74, 6) is 1.56. The van der Waals surface area contributed by atoms with Crippen molar-refractivity contribution in [2.45, 2.75) is 27.3 Å². The Morgan fingerprint density at radius 1 is 1.47 bits per heavy atom. The molecule has 0 aliphatic heterocycles. The van der Waals surface area contributed by atoms with Crippen molar-refractivity contribution in [1.82, 2.24) is 10.3 Å².